The minimum absolute atomic E-state index is 0.657. The summed E-state index contributed by atoms with van der Waals surface area (Å²) in [4.78, 5) is 8.98. The summed E-state index contributed by atoms with van der Waals surface area (Å²) in [5.74, 6) is 0.657. The van der Waals surface area contributed by atoms with Crippen molar-refractivity contribution in [1.29, 1.82) is 0 Å². The zero-order chi connectivity index (χ0) is 13.1. The minimum Gasteiger partial charge on any atom is -0.316 e. The quantitative estimate of drug-likeness (QED) is 0.878. The van der Waals surface area contributed by atoms with Crippen LogP contribution < -0.4 is 5.32 Å². The highest BCUT2D eigenvalue weighted by molar-refractivity contribution is 5.56. The van der Waals surface area contributed by atoms with Crippen molar-refractivity contribution in [3.63, 3.8) is 0 Å². The lowest BCUT2D eigenvalue weighted by Gasteiger charge is -2.22. The largest absolute Gasteiger partial charge is 0.316 e. The van der Waals surface area contributed by atoms with E-state index in [9.17, 15) is 0 Å². The smallest absolute Gasteiger partial charge is 0.113 e. The van der Waals surface area contributed by atoms with Crippen LogP contribution in [0.5, 0.6) is 0 Å². The lowest BCUT2D eigenvalue weighted by molar-refractivity contribution is 0.373. The van der Waals surface area contributed by atoms with Crippen LogP contribution in [0.4, 0.5) is 0 Å². The molecule has 0 amide bonds. The molecule has 100 valence electrons. The molecule has 19 heavy (non-hydrogen) atoms. The van der Waals surface area contributed by atoms with Crippen molar-refractivity contribution < 1.29 is 0 Å². The van der Waals surface area contributed by atoms with Gasteiger partial charge in [-0.2, -0.15) is 5.10 Å². The van der Waals surface area contributed by atoms with E-state index >= 15 is 0 Å². The summed E-state index contributed by atoms with van der Waals surface area (Å²) in [5.41, 5.74) is 3.91. The van der Waals surface area contributed by atoms with Crippen molar-refractivity contribution in [2.75, 3.05) is 13.1 Å². The molecule has 5 heteroatoms. The van der Waals surface area contributed by atoms with Crippen LogP contribution in [0.15, 0.2) is 18.5 Å². The Labute approximate surface area is 112 Å². The van der Waals surface area contributed by atoms with Crippen LogP contribution >= 0.6 is 0 Å². The fourth-order valence-electron chi connectivity index (χ4n) is 2.64. The van der Waals surface area contributed by atoms with Crippen LogP contribution in [0, 0.1) is 12.8 Å². The molecule has 1 aliphatic heterocycles. The SMILES string of the molecule is Cc1cc(-c2nccnc2C[C@@H]2CCCNC2)n[nH]1. The summed E-state index contributed by atoms with van der Waals surface area (Å²) in [6.07, 6.45) is 7.00. The minimum atomic E-state index is 0.657. The number of hydrogen-bond donors (Lipinski definition) is 2. The normalized spacial score (nSPS) is 19.5. The van der Waals surface area contributed by atoms with Crippen LogP contribution in [0.3, 0.4) is 0 Å². The highest BCUT2D eigenvalue weighted by atomic mass is 15.1. The Kier molecular flexibility index (Phi) is 3.55. The number of hydrogen-bond acceptors (Lipinski definition) is 4. The molecule has 1 atom stereocenters. The van der Waals surface area contributed by atoms with E-state index < -0.39 is 0 Å². The van der Waals surface area contributed by atoms with Gasteiger partial charge in [-0.1, -0.05) is 0 Å². The number of nitrogens with zero attached hydrogens (tertiary/aromatic N) is 3. The molecule has 1 saturated heterocycles. The van der Waals surface area contributed by atoms with Crippen molar-refractivity contribution in [3.8, 4) is 11.4 Å². The predicted octanol–water partition coefficient (Wildman–Crippen LogP) is 1.72. The van der Waals surface area contributed by atoms with Crippen LogP contribution in [0.25, 0.3) is 11.4 Å². The molecule has 5 nitrogen and oxygen atoms in total. The third-order valence-electron chi connectivity index (χ3n) is 3.60. The molecule has 2 aromatic heterocycles. The second-order valence-corrected chi connectivity index (χ2v) is 5.20. The Hall–Kier alpha value is -1.75. The molecule has 2 N–H and O–H groups in total. The Bertz CT molecular complexity index is 542. The maximum atomic E-state index is 4.51. The zero-order valence-electron chi connectivity index (χ0n) is 11.2. The molecule has 0 bridgehead atoms. The molecule has 0 radical (unpaired) electrons. The third-order valence-corrected chi connectivity index (χ3v) is 3.60. The maximum absolute atomic E-state index is 4.51. The topological polar surface area (TPSA) is 66.5 Å². The second-order valence-electron chi connectivity index (χ2n) is 5.20. The first kappa shape index (κ1) is 12.3. The number of aromatic amines is 1. The molecule has 0 unspecified atom stereocenters. The zero-order valence-corrected chi connectivity index (χ0v) is 11.2. The lowest BCUT2D eigenvalue weighted by Crippen LogP contribution is -2.31. The fraction of sp³-hybridized carbons (Fsp3) is 0.500. The van der Waals surface area contributed by atoms with Gasteiger partial charge in [-0.05, 0) is 51.3 Å². The summed E-state index contributed by atoms with van der Waals surface area (Å²) in [7, 11) is 0. The van der Waals surface area contributed by atoms with Gasteiger partial charge in [-0.3, -0.25) is 15.1 Å². The van der Waals surface area contributed by atoms with Crippen molar-refractivity contribution >= 4 is 0 Å². The number of nitrogens with one attached hydrogen (secondary N) is 2. The van der Waals surface area contributed by atoms with Gasteiger partial charge in [0.05, 0.1) is 5.69 Å². The van der Waals surface area contributed by atoms with Crippen molar-refractivity contribution in [1.82, 2.24) is 25.5 Å². The van der Waals surface area contributed by atoms with Gasteiger partial charge in [0.15, 0.2) is 0 Å². The lowest BCUT2D eigenvalue weighted by atomic mass is 9.93. The van der Waals surface area contributed by atoms with Gasteiger partial charge in [0.1, 0.15) is 11.4 Å². The van der Waals surface area contributed by atoms with E-state index in [1.807, 2.05) is 13.0 Å². The second kappa shape index (κ2) is 5.48. The first-order valence-electron chi connectivity index (χ1n) is 6.86. The summed E-state index contributed by atoms with van der Waals surface area (Å²) >= 11 is 0. The van der Waals surface area contributed by atoms with Crippen LogP contribution in [-0.4, -0.2) is 33.3 Å². The number of piperidine rings is 1. The van der Waals surface area contributed by atoms with Gasteiger partial charge >= 0.3 is 0 Å². The highest BCUT2D eigenvalue weighted by Gasteiger charge is 2.18. The van der Waals surface area contributed by atoms with Gasteiger partial charge < -0.3 is 5.32 Å². The Balaban J connectivity index is 1.84. The highest BCUT2D eigenvalue weighted by Crippen LogP contribution is 2.22. The van der Waals surface area contributed by atoms with Gasteiger partial charge in [0.25, 0.3) is 0 Å². The van der Waals surface area contributed by atoms with Crippen molar-refractivity contribution in [2.24, 2.45) is 5.92 Å². The van der Waals surface area contributed by atoms with E-state index in [0.717, 1.165) is 42.3 Å². The molecule has 0 spiro atoms. The van der Waals surface area contributed by atoms with E-state index in [2.05, 4.69) is 25.5 Å². The van der Waals surface area contributed by atoms with E-state index in [1.54, 1.807) is 12.4 Å². The van der Waals surface area contributed by atoms with Gasteiger partial charge in [0, 0.05) is 18.1 Å². The Morgan fingerprint density at radius 3 is 2.95 bits per heavy atom. The van der Waals surface area contributed by atoms with E-state index in [0.29, 0.717) is 5.92 Å². The first-order valence-corrected chi connectivity index (χ1v) is 6.86. The van der Waals surface area contributed by atoms with Gasteiger partial charge in [-0.15, -0.1) is 0 Å². The molecule has 1 aliphatic rings. The number of aryl methyl sites for hydroxylation is 1. The van der Waals surface area contributed by atoms with E-state index in [-0.39, 0.29) is 0 Å². The average molecular weight is 257 g/mol. The van der Waals surface area contributed by atoms with Gasteiger partial charge in [0.2, 0.25) is 0 Å². The van der Waals surface area contributed by atoms with Crippen molar-refractivity contribution in [2.45, 2.75) is 26.2 Å². The molecule has 3 heterocycles. The van der Waals surface area contributed by atoms with Crippen LogP contribution in [-0.2, 0) is 6.42 Å². The Morgan fingerprint density at radius 2 is 2.21 bits per heavy atom. The monoisotopic (exact) mass is 257 g/mol. The number of H-pyrrole nitrogens is 1. The van der Waals surface area contributed by atoms with E-state index in [1.165, 1.54) is 12.8 Å². The summed E-state index contributed by atoms with van der Waals surface area (Å²) < 4.78 is 0. The number of rotatable bonds is 3. The Morgan fingerprint density at radius 1 is 1.32 bits per heavy atom. The summed E-state index contributed by atoms with van der Waals surface area (Å²) in [5, 5.41) is 10.7. The first-order chi connectivity index (χ1) is 9.33. The molecule has 2 aromatic rings. The molecular formula is C14H19N5. The molecule has 0 aliphatic carbocycles. The van der Waals surface area contributed by atoms with Crippen molar-refractivity contribution in [3.05, 3.63) is 29.8 Å². The molecule has 1 fully saturated rings. The number of aromatic nitrogens is 4. The summed E-state index contributed by atoms with van der Waals surface area (Å²) in [6.45, 7) is 4.22. The molecule has 0 saturated carbocycles. The maximum Gasteiger partial charge on any atom is 0.113 e. The molecule has 3 rings (SSSR count). The van der Waals surface area contributed by atoms with E-state index in [4.69, 9.17) is 0 Å². The van der Waals surface area contributed by atoms with Gasteiger partial charge in [-0.25, -0.2) is 0 Å². The third kappa shape index (κ3) is 2.81. The van der Waals surface area contributed by atoms with Crippen LogP contribution in [0.2, 0.25) is 0 Å². The predicted molar refractivity (Wildman–Crippen MR) is 73.6 cm³/mol. The van der Waals surface area contributed by atoms with Crippen LogP contribution in [0.1, 0.15) is 24.2 Å². The average Bonchev–Trinajstić information content (AvgIpc) is 2.87. The fourth-order valence-corrected chi connectivity index (χ4v) is 2.64. The molecular weight excluding hydrogens is 238 g/mol. The summed E-state index contributed by atoms with van der Waals surface area (Å²) in [6, 6.07) is 2.02. The standard InChI is InChI=1S/C14H19N5/c1-10-7-13(19-18-10)14-12(16-5-6-17-14)8-11-3-2-4-15-9-11/h5-7,11,15H,2-4,8-9H2,1H3,(H,18,19)/t11-/m0/s1. The molecule has 0 aromatic carbocycles.